The summed E-state index contributed by atoms with van der Waals surface area (Å²) in [5.41, 5.74) is 2.39. The number of rotatable bonds is 7. The van der Waals surface area contributed by atoms with Gasteiger partial charge >= 0.3 is 5.97 Å². The predicted octanol–water partition coefficient (Wildman–Crippen LogP) is 5.32. The van der Waals surface area contributed by atoms with Crippen molar-refractivity contribution in [3.8, 4) is 11.4 Å². The van der Waals surface area contributed by atoms with E-state index in [2.05, 4.69) is 22.4 Å². The second kappa shape index (κ2) is 10.3. The summed E-state index contributed by atoms with van der Waals surface area (Å²) in [6, 6.07) is 7.44. The molecule has 0 saturated carbocycles. The monoisotopic (exact) mass is 504 g/mol. The van der Waals surface area contributed by atoms with Crippen molar-refractivity contribution in [3.05, 3.63) is 45.3 Å². The van der Waals surface area contributed by atoms with Gasteiger partial charge in [-0.3, -0.25) is 4.79 Å². The molecule has 1 N–H and O–H groups in total. The van der Waals surface area contributed by atoms with Crippen LogP contribution in [0.2, 0.25) is 5.02 Å². The molecule has 1 aliphatic carbocycles. The maximum absolute atomic E-state index is 12.8. The minimum Gasteiger partial charge on any atom is -0.465 e. The molecular formula is C23H25ClN4O3S2. The number of ether oxygens (including phenoxy) is 1. The van der Waals surface area contributed by atoms with Gasteiger partial charge in [-0.2, -0.15) is 0 Å². The minimum atomic E-state index is -0.401. The van der Waals surface area contributed by atoms with Gasteiger partial charge in [-0.25, -0.2) is 4.79 Å². The van der Waals surface area contributed by atoms with E-state index in [0.29, 0.717) is 39.0 Å². The maximum Gasteiger partial charge on any atom is 0.341 e. The summed E-state index contributed by atoms with van der Waals surface area (Å²) in [5.74, 6) is 0.812. The molecule has 1 aliphatic rings. The van der Waals surface area contributed by atoms with E-state index in [1.165, 1.54) is 30.2 Å². The smallest absolute Gasteiger partial charge is 0.341 e. The lowest BCUT2D eigenvalue weighted by Gasteiger charge is -2.18. The van der Waals surface area contributed by atoms with Gasteiger partial charge in [-0.05, 0) is 49.8 Å². The molecule has 1 amide bonds. The molecule has 0 fully saturated rings. The molecule has 7 nitrogen and oxygen atoms in total. The van der Waals surface area contributed by atoms with Crippen LogP contribution in [0.3, 0.4) is 0 Å². The van der Waals surface area contributed by atoms with Gasteiger partial charge in [0.2, 0.25) is 5.91 Å². The first-order valence-corrected chi connectivity index (χ1v) is 12.9. The van der Waals surface area contributed by atoms with Gasteiger partial charge in [0.05, 0.1) is 18.4 Å². The van der Waals surface area contributed by atoms with Crippen molar-refractivity contribution in [3.63, 3.8) is 0 Å². The summed E-state index contributed by atoms with van der Waals surface area (Å²) in [6.45, 7) is 4.86. The number of esters is 1. The summed E-state index contributed by atoms with van der Waals surface area (Å²) >= 11 is 8.91. The summed E-state index contributed by atoms with van der Waals surface area (Å²) in [5, 5.41) is 13.4. The quantitative estimate of drug-likeness (QED) is 0.346. The molecule has 0 radical (unpaired) electrons. The van der Waals surface area contributed by atoms with Gasteiger partial charge in [0.25, 0.3) is 0 Å². The molecule has 0 spiro atoms. The number of amides is 1. The Hall–Kier alpha value is -2.36. The molecule has 3 aromatic rings. The second-order valence-corrected chi connectivity index (χ2v) is 10.4. The van der Waals surface area contributed by atoms with Gasteiger partial charge < -0.3 is 14.6 Å². The normalized spacial score (nSPS) is 15.2. The first kappa shape index (κ1) is 23.8. The molecule has 33 heavy (non-hydrogen) atoms. The molecule has 0 saturated heterocycles. The molecule has 0 bridgehead atoms. The molecule has 1 aromatic carbocycles. The highest BCUT2D eigenvalue weighted by molar-refractivity contribution is 7.99. The number of nitrogens with one attached hydrogen (secondary N) is 1. The molecule has 174 valence electrons. The molecule has 1 unspecified atom stereocenters. The Morgan fingerprint density at radius 2 is 2.18 bits per heavy atom. The zero-order chi connectivity index (χ0) is 23.5. The SMILES string of the molecule is CCn1c(SCC(=O)Nc2sc3c(c2C(=O)OC)CCC(C)C3)nnc1-c1cccc(Cl)c1. The number of thiophene rings is 1. The van der Waals surface area contributed by atoms with Crippen LogP contribution in [0.15, 0.2) is 29.4 Å². The number of carbonyl (C=O) groups excluding carboxylic acids is 2. The van der Waals surface area contributed by atoms with Crippen molar-refractivity contribution >= 4 is 51.6 Å². The van der Waals surface area contributed by atoms with E-state index < -0.39 is 5.97 Å². The Morgan fingerprint density at radius 1 is 1.36 bits per heavy atom. The molecule has 0 aliphatic heterocycles. The van der Waals surface area contributed by atoms with E-state index >= 15 is 0 Å². The average molecular weight is 505 g/mol. The van der Waals surface area contributed by atoms with E-state index in [-0.39, 0.29) is 11.7 Å². The van der Waals surface area contributed by atoms with Crippen molar-refractivity contribution in [2.24, 2.45) is 5.92 Å². The fraction of sp³-hybridized carbons (Fsp3) is 0.391. The fourth-order valence-electron chi connectivity index (χ4n) is 3.97. The van der Waals surface area contributed by atoms with Crippen molar-refractivity contribution in [1.29, 1.82) is 0 Å². The lowest BCUT2D eigenvalue weighted by molar-refractivity contribution is -0.113. The fourth-order valence-corrected chi connectivity index (χ4v) is 6.38. The van der Waals surface area contributed by atoms with Gasteiger partial charge in [0.1, 0.15) is 5.00 Å². The third-order valence-corrected chi connectivity index (χ3v) is 7.97. The topological polar surface area (TPSA) is 86.1 Å². The molecule has 2 aromatic heterocycles. The molecule has 10 heteroatoms. The second-order valence-electron chi connectivity index (χ2n) is 7.95. The van der Waals surface area contributed by atoms with Crippen molar-refractivity contribution in [1.82, 2.24) is 14.8 Å². The largest absolute Gasteiger partial charge is 0.465 e. The first-order valence-electron chi connectivity index (χ1n) is 10.8. The van der Waals surface area contributed by atoms with Crippen LogP contribution in [-0.4, -0.2) is 39.5 Å². The number of carbonyl (C=O) groups is 2. The van der Waals surface area contributed by atoms with E-state index in [9.17, 15) is 9.59 Å². The first-order chi connectivity index (χ1) is 15.9. The third-order valence-electron chi connectivity index (χ3n) is 5.60. The number of aromatic nitrogens is 3. The summed E-state index contributed by atoms with van der Waals surface area (Å²) in [6.07, 6.45) is 2.77. The Morgan fingerprint density at radius 3 is 2.91 bits per heavy atom. The molecule has 2 heterocycles. The number of nitrogens with zero attached hydrogens (tertiary/aromatic N) is 3. The van der Waals surface area contributed by atoms with Crippen LogP contribution in [0.5, 0.6) is 0 Å². The van der Waals surface area contributed by atoms with Gasteiger partial charge in [0, 0.05) is 22.0 Å². The number of hydrogen-bond donors (Lipinski definition) is 1. The highest BCUT2D eigenvalue weighted by Crippen LogP contribution is 2.40. The minimum absolute atomic E-state index is 0.146. The number of thioether (sulfide) groups is 1. The molecular weight excluding hydrogens is 480 g/mol. The highest BCUT2D eigenvalue weighted by atomic mass is 35.5. The average Bonchev–Trinajstić information content (AvgIpc) is 3.37. The van der Waals surface area contributed by atoms with E-state index in [0.717, 1.165) is 35.3 Å². The Bertz CT molecular complexity index is 1190. The van der Waals surface area contributed by atoms with Crippen LogP contribution in [-0.2, 0) is 28.9 Å². The Balaban J connectivity index is 1.49. The number of fused-ring (bicyclic) bond motifs is 1. The number of anilines is 1. The summed E-state index contributed by atoms with van der Waals surface area (Å²) in [7, 11) is 1.37. The third kappa shape index (κ3) is 5.10. The van der Waals surface area contributed by atoms with Crippen LogP contribution in [0, 0.1) is 5.92 Å². The number of methoxy groups -OCH3 is 1. The zero-order valence-electron chi connectivity index (χ0n) is 18.7. The lowest BCUT2D eigenvalue weighted by Crippen LogP contribution is -2.17. The zero-order valence-corrected chi connectivity index (χ0v) is 21.1. The van der Waals surface area contributed by atoms with Crippen molar-refractivity contribution in [2.75, 3.05) is 18.2 Å². The predicted molar refractivity (Wildman–Crippen MR) is 132 cm³/mol. The van der Waals surface area contributed by atoms with Crippen molar-refractivity contribution in [2.45, 2.75) is 44.8 Å². The van der Waals surface area contributed by atoms with Gasteiger partial charge in [0.15, 0.2) is 11.0 Å². The summed E-state index contributed by atoms with van der Waals surface area (Å²) < 4.78 is 6.96. The van der Waals surface area contributed by atoms with Crippen molar-refractivity contribution < 1.29 is 14.3 Å². The molecule has 1 atom stereocenters. The number of hydrogen-bond acceptors (Lipinski definition) is 7. The van der Waals surface area contributed by atoms with Gasteiger partial charge in [-0.15, -0.1) is 21.5 Å². The summed E-state index contributed by atoms with van der Waals surface area (Å²) in [4.78, 5) is 26.4. The van der Waals surface area contributed by atoms with Crippen LogP contribution in [0.25, 0.3) is 11.4 Å². The standard InChI is InChI=1S/C23H25ClN4O3S2/c1-4-28-20(14-6-5-7-15(24)11-14)26-27-23(28)32-12-18(29)25-21-19(22(30)31-3)16-9-8-13(2)10-17(16)33-21/h5-7,11,13H,4,8-10,12H2,1-3H3,(H,25,29). The van der Waals surface area contributed by atoms with Crippen LogP contribution < -0.4 is 5.32 Å². The van der Waals surface area contributed by atoms with Gasteiger partial charge in [-0.1, -0.05) is 42.4 Å². The van der Waals surface area contributed by atoms with Crippen LogP contribution in [0.4, 0.5) is 5.00 Å². The van der Waals surface area contributed by atoms with E-state index in [4.69, 9.17) is 16.3 Å². The Labute approximate surface area is 205 Å². The lowest BCUT2D eigenvalue weighted by atomic mass is 9.88. The number of halogens is 1. The molecule has 4 rings (SSSR count). The van der Waals surface area contributed by atoms with E-state index in [1.807, 2.05) is 35.8 Å². The van der Waals surface area contributed by atoms with Crippen LogP contribution >= 0.6 is 34.7 Å². The maximum atomic E-state index is 12.8. The number of benzene rings is 1. The highest BCUT2D eigenvalue weighted by Gasteiger charge is 2.29. The van der Waals surface area contributed by atoms with Crippen LogP contribution in [0.1, 0.15) is 41.1 Å². The van der Waals surface area contributed by atoms with E-state index in [1.54, 1.807) is 0 Å². The Kier molecular flexibility index (Phi) is 7.41.